The molecule has 0 radical (unpaired) electrons. The van der Waals surface area contributed by atoms with E-state index >= 15 is 0 Å². The lowest BCUT2D eigenvalue weighted by atomic mass is 10.3. The second-order valence-electron chi connectivity index (χ2n) is 1.86. The molecule has 0 heterocycles. The Morgan fingerprint density at radius 1 is 1.64 bits per heavy atom. The van der Waals surface area contributed by atoms with Crippen molar-refractivity contribution in [2.24, 2.45) is 5.16 Å². The minimum absolute atomic E-state index is 0.109. The highest BCUT2D eigenvalue weighted by molar-refractivity contribution is 5.94. The van der Waals surface area contributed by atoms with Crippen LogP contribution in [0, 0.1) is 0 Å². The third-order valence-electron chi connectivity index (χ3n) is 0.794. The van der Waals surface area contributed by atoms with Gasteiger partial charge in [0.15, 0.2) is 0 Å². The molecule has 5 nitrogen and oxygen atoms in total. The zero-order chi connectivity index (χ0) is 8.69. The van der Waals surface area contributed by atoms with Gasteiger partial charge in [0, 0.05) is 0 Å². The number of hydrogen-bond donors (Lipinski definition) is 1. The number of oxime groups is 1. The molecule has 0 atom stereocenters. The lowest BCUT2D eigenvalue weighted by molar-refractivity contribution is -0.144. The van der Waals surface area contributed by atoms with Gasteiger partial charge in [-0.3, -0.25) is 9.59 Å². The SMILES string of the molecule is CC(=O)CC(=O)OC/C=N\O. The van der Waals surface area contributed by atoms with E-state index in [1.54, 1.807) is 0 Å². The molecule has 5 heteroatoms. The summed E-state index contributed by atoms with van der Waals surface area (Å²) in [4.78, 5) is 20.8. The number of ketones is 1. The van der Waals surface area contributed by atoms with Gasteiger partial charge in [-0.15, -0.1) is 0 Å². The van der Waals surface area contributed by atoms with Crippen molar-refractivity contribution in [1.82, 2.24) is 0 Å². The Labute approximate surface area is 63.6 Å². The van der Waals surface area contributed by atoms with Crippen molar-refractivity contribution in [2.45, 2.75) is 13.3 Å². The quantitative estimate of drug-likeness (QED) is 0.205. The predicted octanol–water partition coefficient (Wildman–Crippen LogP) is -0.0313. The third-order valence-corrected chi connectivity index (χ3v) is 0.794. The minimum atomic E-state index is -0.614. The summed E-state index contributed by atoms with van der Waals surface area (Å²) in [6, 6.07) is 0. The summed E-state index contributed by atoms with van der Waals surface area (Å²) in [7, 11) is 0. The average Bonchev–Trinajstić information content (AvgIpc) is 1.86. The van der Waals surface area contributed by atoms with Gasteiger partial charge in [-0.1, -0.05) is 5.16 Å². The second-order valence-corrected chi connectivity index (χ2v) is 1.86. The lowest BCUT2D eigenvalue weighted by Crippen LogP contribution is -2.10. The Morgan fingerprint density at radius 3 is 2.73 bits per heavy atom. The number of rotatable bonds is 4. The normalized spacial score (nSPS) is 9.91. The molecule has 0 rings (SSSR count). The van der Waals surface area contributed by atoms with Gasteiger partial charge in [0.25, 0.3) is 0 Å². The summed E-state index contributed by atoms with van der Waals surface area (Å²) in [5, 5.41) is 10.5. The van der Waals surface area contributed by atoms with Crippen LogP contribution in [0.4, 0.5) is 0 Å². The summed E-state index contributed by atoms with van der Waals surface area (Å²) >= 11 is 0. The minimum Gasteiger partial charge on any atom is -0.459 e. The van der Waals surface area contributed by atoms with Crippen molar-refractivity contribution in [3.63, 3.8) is 0 Å². The topological polar surface area (TPSA) is 76.0 Å². The van der Waals surface area contributed by atoms with Gasteiger partial charge in [-0.25, -0.2) is 0 Å². The van der Waals surface area contributed by atoms with E-state index in [1.165, 1.54) is 6.92 Å². The van der Waals surface area contributed by atoms with Gasteiger partial charge in [0.05, 0.1) is 6.21 Å². The van der Waals surface area contributed by atoms with E-state index in [4.69, 9.17) is 5.21 Å². The van der Waals surface area contributed by atoms with Gasteiger partial charge < -0.3 is 9.94 Å². The molecule has 11 heavy (non-hydrogen) atoms. The van der Waals surface area contributed by atoms with Crippen molar-refractivity contribution in [2.75, 3.05) is 6.61 Å². The summed E-state index contributed by atoms with van der Waals surface area (Å²) < 4.78 is 4.42. The van der Waals surface area contributed by atoms with Crippen LogP contribution >= 0.6 is 0 Å². The highest BCUT2D eigenvalue weighted by Crippen LogP contribution is 1.86. The molecule has 0 spiro atoms. The number of esters is 1. The van der Waals surface area contributed by atoms with Crippen molar-refractivity contribution in [3.8, 4) is 0 Å². The first-order chi connectivity index (χ1) is 5.16. The summed E-state index contributed by atoms with van der Waals surface area (Å²) in [6.07, 6.45) is 0.775. The molecule has 0 aromatic carbocycles. The molecule has 0 fully saturated rings. The van der Waals surface area contributed by atoms with Crippen LogP contribution < -0.4 is 0 Å². The number of carbonyl (C=O) groups is 2. The van der Waals surface area contributed by atoms with Crippen LogP contribution in [-0.2, 0) is 14.3 Å². The fourth-order valence-electron chi connectivity index (χ4n) is 0.418. The molecule has 62 valence electrons. The fraction of sp³-hybridized carbons (Fsp3) is 0.500. The maximum absolute atomic E-state index is 10.5. The fourth-order valence-corrected chi connectivity index (χ4v) is 0.418. The van der Waals surface area contributed by atoms with Gasteiger partial charge in [-0.2, -0.15) is 0 Å². The Balaban J connectivity index is 3.45. The molecule has 0 aliphatic carbocycles. The molecule has 0 aromatic heterocycles. The predicted molar refractivity (Wildman–Crippen MR) is 36.5 cm³/mol. The Hall–Kier alpha value is -1.39. The maximum Gasteiger partial charge on any atom is 0.313 e. The van der Waals surface area contributed by atoms with E-state index in [2.05, 4.69) is 9.89 Å². The molecule has 0 bridgehead atoms. The van der Waals surface area contributed by atoms with E-state index in [0.717, 1.165) is 6.21 Å². The van der Waals surface area contributed by atoms with Gasteiger partial charge in [0.2, 0.25) is 0 Å². The molecule has 0 saturated carbocycles. The van der Waals surface area contributed by atoms with Gasteiger partial charge in [0.1, 0.15) is 18.8 Å². The van der Waals surface area contributed by atoms with Crippen molar-refractivity contribution in [3.05, 3.63) is 0 Å². The first kappa shape index (κ1) is 9.61. The second kappa shape index (κ2) is 5.40. The number of carbonyl (C=O) groups excluding carboxylic acids is 2. The number of nitrogens with zero attached hydrogens (tertiary/aromatic N) is 1. The van der Waals surface area contributed by atoms with Gasteiger partial charge in [-0.05, 0) is 6.92 Å². The summed E-state index contributed by atoms with van der Waals surface area (Å²) in [6.45, 7) is 1.18. The van der Waals surface area contributed by atoms with Crippen LogP contribution in [0.2, 0.25) is 0 Å². The van der Waals surface area contributed by atoms with E-state index in [1.807, 2.05) is 0 Å². The molecule has 0 unspecified atom stereocenters. The smallest absolute Gasteiger partial charge is 0.313 e. The number of ether oxygens (including phenoxy) is 1. The Kier molecular flexibility index (Phi) is 4.72. The third kappa shape index (κ3) is 6.50. The maximum atomic E-state index is 10.5. The molecule has 0 aliphatic rings. The van der Waals surface area contributed by atoms with Crippen molar-refractivity contribution in [1.29, 1.82) is 0 Å². The van der Waals surface area contributed by atoms with Gasteiger partial charge >= 0.3 is 5.97 Å². The highest BCUT2D eigenvalue weighted by atomic mass is 16.5. The zero-order valence-electron chi connectivity index (χ0n) is 6.11. The molecule has 0 aromatic rings. The zero-order valence-corrected chi connectivity index (χ0v) is 6.11. The lowest BCUT2D eigenvalue weighted by Gasteiger charge is -1.96. The number of Topliss-reactive ketones (excluding diaryl/α,β-unsaturated/α-hetero) is 1. The van der Waals surface area contributed by atoms with E-state index in [9.17, 15) is 9.59 Å². The van der Waals surface area contributed by atoms with Crippen molar-refractivity contribution < 1.29 is 19.5 Å². The largest absolute Gasteiger partial charge is 0.459 e. The standard InChI is InChI=1S/C6H9NO4/c1-5(8)4-6(9)11-3-2-7-10/h2,10H,3-4H2,1H3/b7-2-. The van der Waals surface area contributed by atoms with E-state index in [0.29, 0.717) is 0 Å². The van der Waals surface area contributed by atoms with Crippen LogP contribution in [0.1, 0.15) is 13.3 Å². The first-order valence-corrected chi connectivity index (χ1v) is 2.97. The van der Waals surface area contributed by atoms with Crippen LogP contribution in [0.25, 0.3) is 0 Å². The summed E-state index contributed by atoms with van der Waals surface area (Å²) in [5.41, 5.74) is 0. The van der Waals surface area contributed by atoms with Crippen LogP contribution in [-0.4, -0.2) is 29.8 Å². The van der Waals surface area contributed by atoms with E-state index in [-0.39, 0.29) is 18.8 Å². The molecule has 0 saturated heterocycles. The molecule has 1 N–H and O–H groups in total. The highest BCUT2D eigenvalue weighted by Gasteiger charge is 2.04. The van der Waals surface area contributed by atoms with Crippen molar-refractivity contribution >= 4 is 18.0 Å². The van der Waals surface area contributed by atoms with Crippen LogP contribution in [0.15, 0.2) is 5.16 Å². The van der Waals surface area contributed by atoms with E-state index < -0.39 is 5.97 Å². The number of hydrogen-bond acceptors (Lipinski definition) is 5. The van der Waals surface area contributed by atoms with Crippen LogP contribution in [0.5, 0.6) is 0 Å². The Bertz CT molecular complexity index is 175. The molecular formula is C6H9NO4. The molecular weight excluding hydrogens is 150 g/mol. The first-order valence-electron chi connectivity index (χ1n) is 2.97. The Morgan fingerprint density at radius 2 is 2.27 bits per heavy atom. The summed E-state index contributed by atoms with van der Waals surface area (Å²) in [5.74, 6) is -0.867. The van der Waals surface area contributed by atoms with Crippen LogP contribution in [0.3, 0.4) is 0 Å². The average molecular weight is 159 g/mol. The molecule has 0 aliphatic heterocycles. The monoisotopic (exact) mass is 159 g/mol. The molecule has 0 amide bonds.